The minimum Gasteiger partial charge on any atom is -0.381 e. The van der Waals surface area contributed by atoms with Crippen molar-refractivity contribution in [3.05, 3.63) is 45.1 Å². The smallest absolute Gasteiger partial charge is 0.272 e. The molecule has 1 aromatic heterocycles. The summed E-state index contributed by atoms with van der Waals surface area (Å²) in [6, 6.07) is 5.03. The molecule has 2 rings (SSSR count). The second-order valence-corrected chi connectivity index (χ2v) is 4.99. The van der Waals surface area contributed by atoms with E-state index in [9.17, 15) is 10.1 Å². The normalized spacial score (nSPS) is 11.0. The summed E-state index contributed by atoms with van der Waals surface area (Å²) >= 11 is 0. The summed E-state index contributed by atoms with van der Waals surface area (Å²) in [6.45, 7) is 6.17. The highest BCUT2D eigenvalue weighted by Crippen LogP contribution is 2.24. The topological polar surface area (TPSA) is 99.9 Å². The summed E-state index contributed by atoms with van der Waals surface area (Å²) in [7, 11) is 0. The molecule has 1 aromatic carbocycles. The van der Waals surface area contributed by atoms with Gasteiger partial charge in [-0.1, -0.05) is 31.2 Å². The van der Waals surface area contributed by atoms with Gasteiger partial charge in [-0.25, -0.2) is 4.68 Å². The second kappa shape index (κ2) is 5.28. The van der Waals surface area contributed by atoms with E-state index in [4.69, 9.17) is 5.73 Å². The third-order valence-corrected chi connectivity index (χ3v) is 3.28. The molecule has 0 radical (unpaired) electrons. The Morgan fingerprint density at radius 3 is 2.75 bits per heavy atom. The van der Waals surface area contributed by atoms with Crippen LogP contribution in [0.15, 0.2) is 18.2 Å². The average Bonchev–Trinajstić information content (AvgIpc) is 2.72. The fourth-order valence-electron chi connectivity index (χ4n) is 2.24. The van der Waals surface area contributed by atoms with Crippen LogP contribution < -0.4 is 5.73 Å². The maximum absolute atomic E-state index is 11.0. The minimum absolute atomic E-state index is 0.113. The molecule has 0 aliphatic heterocycles. The first-order chi connectivity index (χ1) is 9.41. The number of benzene rings is 1. The molecule has 20 heavy (non-hydrogen) atoms. The van der Waals surface area contributed by atoms with Crippen LogP contribution in [0.4, 0.5) is 11.5 Å². The van der Waals surface area contributed by atoms with E-state index in [1.807, 2.05) is 19.9 Å². The molecule has 106 valence electrons. The van der Waals surface area contributed by atoms with Crippen LogP contribution in [0.5, 0.6) is 0 Å². The molecule has 1 heterocycles. The lowest BCUT2D eigenvalue weighted by atomic mass is 10.1. The highest BCUT2D eigenvalue weighted by Gasteiger charge is 2.17. The van der Waals surface area contributed by atoms with Crippen molar-refractivity contribution in [2.45, 2.75) is 33.2 Å². The van der Waals surface area contributed by atoms with Gasteiger partial charge in [0.05, 0.1) is 17.2 Å². The van der Waals surface area contributed by atoms with Gasteiger partial charge in [-0.15, -0.1) is 5.10 Å². The van der Waals surface area contributed by atoms with Crippen LogP contribution >= 0.6 is 0 Å². The van der Waals surface area contributed by atoms with Crippen LogP contribution in [-0.4, -0.2) is 19.9 Å². The lowest BCUT2D eigenvalue weighted by Crippen LogP contribution is -2.10. The van der Waals surface area contributed by atoms with E-state index in [2.05, 4.69) is 10.3 Å². The molecule has 0 atom stereocenters. The molecule has 0 unspecified atom stereocenters. The Labute approximate surface area is 116 Å². The van der Waals surface area contributed by atoms with E-state index < -0.39 is 0 Å². The van der Waals surface area contributed by atoms with Gasteiger partial charge in [0.1, 0.15) is 0 Å². The Kier molecular flexibility index (Phi) is 3.69. The molecule has 0 spiro atoms. The molecule has 0 saturated carbocycles. The molecule has 0 aliphatic rings. The summed E-state index contributed by atoms with van der Waals surface area (Å²) in [5.41, 5.74) is 8.24. The van der Waals surface area contributed by atoms with Crippen LogP contribution in [0.2, 0.25) is 0 Å². The van der Waals surface area contributed by atoms with E-state index in [0.29, 0.717) is 17.9 Å². The maximum atomic E-state index is 11.0. The molecule has 0 bridgehead atoms. The largest absolute Gasteiger partial charge is 0.381 e. The summed E-state index contributed by atoms with van der Waals surface area (Å²) in [5, 5.41) is 18.9. The van der Waals surface area contributed by atoms with E-state index in [-0.39, 0.29) is 16.5 Å². The average molecular weight is 275 g/mol. The monoisotopic (exact) mass is 275 g/mol. The first-order valence-electron chi connectivity index (χ1n) is 6.33. The lowest BCUT2D eigenvalue weighted by Gasteiger charge is -2.11. The van der Waals surface area contributed by atoms with Gasteiger partial charge in [-0.3, -0.25) is 10.1 Å². The second-order valence-electron chi connectivity index (χ2n) is 4.99. The van der Waals surface area contributed by atoms with Gasteiger partial charge in [0.2, 0.25) is 0 Å². The highest BCUT2D eigenvalue weighted by atomic mass is 16.6. The van der Waals surface area contributed by atoms with Crippen LogP contribution in [0, 0.1) is 17.0 Å². The zero-order valence-corrected chi connectivity index (χ0v) is 11.7. The molecule has 2 N–H and O–H groups in total. The lowest BCUT2D eigenvalue weighted by molar-refractivity contribution is -0.385. The van der Waals surface area contributed by atoms with Crippen molar-refractivity contribution in [3.8, 4) is 0 Å². The van der Waals surface area contributed by atoms with Gasteiger partial charge in [0.25, 0.3) is 5.69 Å². The summed E-state index contributed by atoms with van der Waals surface area (Å²) in [4.78, 5) is 10.6. The molecule has 0 fully saturated rings. The van der Waals surface area contributed by atoms with Crippen LogP contribution in [-0.2, 0) is 6.54 Å². The fraction of sp³-hybridized carbons (Fsp3) is 0.385. The molecule has 2 aromatic rings. The predicted octanol–water partition coefficient (Wildman–Crippen LogP) is 2.25. The Morgan fingerprint density at radius 2 is 2.15 bits per heavy atom. The Balaban J connectivity index is 2.41. The number of nitro benzene ring substituents is 1. The van der Waals surface area contributed by atoms with Crippen molar-refractivity contribution >= 4 is 11.5 Å². The van der Waals surface area contributed by atoms with Gasteiger partial charge in [-0.2, -0.15) is 0 Å². The quantitative estimate of drug-likeness (QED) is 0.681. The van der Waals surface area contributed by atoms with Gasteiger partial charge in [-0.05, 0) is 18.4 Å². The molecule has 0 amide bonds. The van der Waals surface area contributed by atoms with E-state index in [0.717, 1.165) is 11.3 Å². The maximum Gasteiger partial charge on any atom is 0.272 e. The molecule has 7 nitrogen and oxygen atoms in total. The number of nitrogens with two attached hydrogens (primary N) is 1. The third-order valence-electron chi connectivity index (χ3n) is 3.28. The minimum atomic E-state index is -0.377. The van der Waals surface area contributed by atoms with Crippen molar-refractivity contribution in [3.63, 3.8) is 0 Å². The van der Waals surface area contributed by atoms with E-state index in [1.54, 1.807) is 17.7 Å². The Bertz CT molecular complexity index is 648. The zero-order valence-electron chi connectivity index (χ0n) is 11.7. The third kappa shape index (κ3) is 2.47. The zero-order chi connectivity index (χ0) is 14.9. The van der Waals surface area contributed by atoms with E-state index in [1.165, 1.54) is 6.07 Å². The number of nitrogens with zero attached hydrogens (tertiary/aromatic N) is 4. The number of anilines is 1. The molecule has 0 saturated heterocycles. The SMILES string of the molecule is Cc1c(Cn2nnc(N)c2C(C)C)cccc1[N+](=O)[O-]. The standard InChI is InChI=1S/C13H17N5O2/c1-8(2)12-13(14)15-16-17(12)7-10-5-4-6-11(9(10)3)18(19)20/h4-6,8H,7,14H2,1-3H3. The van der Waals surface area contributed by atoms with Gasteiger partial charge >= 0.3 is 0 Å². The molecule has 0 aliphatic carbocycles. The van der Waals surface area contributed by atoms with Crippen LogP contribution in [0.25, 0.3) is 0 Å². The number of aromatic nitrogens is 3. The first-order valence-corrected chi connectivity index (χ1v) is 6.33. The van der Waals surface area contributed by atoms with Crippen molar-refractivity contribution in [1.29, 1.82) is 0 Å². The number of nitro groups is 1. The van der Waals surface area contributed by atoms with Crippen molar-refractivity contribution < 1.29 is 4.92 Å². The van der Waals surface area contributed by atoms with Gasteiger partial charge in [0.15, 0.2) is 5.82 Å². The van der Waals surface area contributed by atoms with Crippen LogP contribution in [0.3, 0.4) is 0 Å². The van der Waals surface area contributed by atoms with Crippen molar-refractivity contribution in [1.82, 2.24) is 15.0 Å². The Morgan fingerprint density at radius 1 is 1.45 bits per heavy atom. The number of nitrogen functional groups attached to an aromatic ring is 1. The molecular formula is C13H17N5O2. The molecule has 7 heteroatoms. The summed E-state index contributed by atoms with van der Waals surface area (Å²) in [5.74, 6) is 0.590. The fourth-order valence-corrected chi connectivity index (χ4v) is 2.24. The first kappa shape index (κ1) is 14.0. The number of hydrogen-bond donors (Lipinski definition) is 1. The highest BCUT2D eigenvalue weighted by molar-refractivity contribution is 5.45. The van der Waals surface area contributed by atoms with Crippen molar-refractivity contribution in [2.24, 2.45) is 0 Å². The van der Waals surface area contributed by atoms with Crippen LogP contribution in [0.1, 0.15) is 36.6 Å². The van der Waals surface area contributed by atoms with Crippen molar-refractivity contribution in [2.75, 3.05) is 5.73 Å². The predicted molar refractivity (Wildman–Crippen MR) is 75.5 cm³/mol. The van der Waals surface area contributed by atoms with Gasteiger partial charge in [0, 0.05) is 11.6 Å². The summed E-state index contributed by atoms with van der Waals surface area (Å²) < 4.78 is 1.70. The number of rotatable bonds is 4. The number of hydrogen-bond acceptors (Lipinski definition) is 5. The van der Waals surface area contributed by atoms with E-state index >= 15 is 0 Å². The Hall–Kier alpha value is -2.44. The molecular weight excluding hydrogens is 258 g/mol. The summed E-state index contributed by atoms with van der Waals surface area (Å²) in [6.07, 6.45) is 0. The van der Waals surface area contributed by atoms with Gasteiger partial charge < -0.3 is 5.73 Å².